The molecule has 1 heterocycles. The topological polar surface area (TPSA) is 102 Å². The zero-order valence-electron chi connectivity index (χ0n) is 19.3. The second-order valence-electron chi connectivity index (χ2n) is 9.02. The summed E-state index contributed by atoms with van der Waals surface area (Å²) >= 11 is 0. The van der Waals surface area contributed by atoms with E-state index in [0.29, 0.717) is 17.7 Å². The Labute approximate surface area is 202 Å². The van der Waals surface area contributed by atoms with Gasteiger partial charge in [0.15, 0.2) is 5.78 Å². The van der Waals surface area contributed by atoms with E-state index in [2.05, 4.69) is 4.98 Å². The van der Waals surface area contributed by atoms with Crippen LogP contribution in [0.4, 0.5) is 14.5 Å². The molecule has 3 rings (SSSR count). The lowest BCUT2D eigenvalue weighted by molar-refractivity contribution is 0.0461. The van der Waals surface area contributed by atoms with Gasteiger partial charge >= 0.3 is 5.97 Å². The molecule has 0 aliphatic rings. The highest BCUT2D eigenvalue weighted by Gasteiger charge is 2.24. The second kappa shape index (κ2) is 10.3. The molecule has 0 spiro atoms. The van der Waals surface area contributed by atoms with Crippen LogP contribution in [0, 0.1) is 17.0 Å². The van der Waals surface area contributed by atoms with Crippen LogP contribution in [-0.4, -0.2) is 25.2 Å². The third kappa shape index (κ3) is 6.92. The van der Waals surface area contributed by atoms with E-state index in [-0.39, 0.29) is 34.8 Å². The van der Waals surface area contributed by atoms with E-state index in [1.54, 1.807) is 30.3 Å². The number of carbonyl (C=O) groups excluding carboxylic acids is 2. The molecular formula is C25H24F2N2O5S. The number of aromatic nitrogens is 1. The van der Waals surface area contributed by atoms with E-state index in [0.717, 1.165) is 6.20 Å². The van der Waals surface area contributed by atoms with Crippen LogP contribution in [0.3, 0.4) is 0 Å². The summed E-state index contributed by atoms with van der Waals surface area (Å²) in [6.07, 6.45) is 1.21. The highest BCUT2D eigenvalue weighted by Crippen LogP contribution is 2.24. The number of nitrogens with one attached hydrogen (secondary N) is 1. The lowest BCUT2D eigenvalue weighted by atomic mass is 9.89. The molecule has 1 aromatic heterocycles. The molecule has 10 heteroatoms. The Bertz CT molecular complexity index is 1310. The van der Waals surface area contributed by atoms with E-state index in [1.807, 2.05) is 25.5 Å². The van der Waals surface area contributed by atoms with Gasteiger partial charge < -0.3 is 4.74 Å². The van der Waals surface area contributed by atoms with Gasteiger partial charge in [-0.2, -0.15) is 0 Å². The molecule has 0 amide bonds. The highest BCUT2D eigenvalue weighted by molar-refractivity contribution is 7.92. The van der Waals surface area contributed by atoms with E-state index >= 15 is 0 Å². The summed E-state index contributed by atoms with van der Waals surface area (Å²) in [6.45, 7) is 5.48. The number of nitrogens with zero attached hydrogens (tertiary/aromatic N) is 1. The minimum atomic E-state index is -4.28. The first-order chi connectivity index (χ1) is 16.4. The molecule has 0 fully saturated rings. The number of pyridine rings is 1. The average Bonchev–Trinajstić information content (AvgIpc) is 2.76. The van der Waals surface area contributed by atoms with Crippen molar-refractivity contribution in [3.8, 4) is 0 Å². The average molecular weight is 503 g/mol. The van der Waals surface area contributed by atoms with Crippen LogP contribution >= 0.6 is 0 Å². The van der Waals surface area contributed by atoms with Gasteiger partial charge in [0, 0.05) is 12.6 Å². The number of benzene rings is 2. The maximum Gasteiger partial charge on any atom is 0.344 e. The highest BCUT2D eigenvalue weighted by atomic mass is 32.2. The zero-order valence-corrected chi connectivity index (χ0v) is 20.2. The van der Waals surface area contributed by atoms with E-state index in [4.69, 9.17) is 4.74 Å². The van der Waals surface area contributed by atoms with Crippen molar-refractivity contribution in [3.63, 3.8) is 0 Å². The Hall–Kier alpha value is -3.66. The van der Waals surface area contributed by atoms with Gasteiger partial charge in [0.1, 0.15) is 34.4 Å². The number of ether oxygens (including phenoxy) is 1. The predicted octanol–water partition coefficient (Wildman–Crippen LogP) is 5.14. The molecule has 0 atom stereocenters. The summed E-state index contributed by atoms with van der Waals surface area (Å²) in [6, 6.07) is 12.4. The molecule has 3 aromatic rings. The van der Waals surface area contributed by atoms with E-state index in [1.165, 1.54) is 12.1 Å². The van der Waals surface area contributed by atoms with Gasteiger partial charge in [0.2, 0.25) is 0 Å². The first kappa shape index (κ1) is 26.0. The van der Waals surface area contributed by atoms with Crippen LogP contribution < -0.4 is 4.72 Å². The number of hydrogen-bond acceptors (Lipinski definition) is 6. The largest absolute Gasteiger partial charge is 0.457 e. The van der Waals surface area contributed by atoms with Crippen molar-refractivity contribution in [3.05, 3.63) is 89.2 Å². The Morgan fingerprint density at radius 1 is 1.00 bits per heavy atom. The molecule has 0 aliphatic carbocycles. The van der Waals surface area contributed by atoms with E-state index < -0.39 is 38.9 Å². The summed E-state index contributed by atoms with van der Waals surface area (Å²) in [5.74, 6) is -4.05. The van der Waals surface area contributed by atoms with Crippen LogP contribution in [0.5, 0.6) is 0 Å². The summed E-state index contributed by atoms with van der Waals surface area (Å²) in [5.41, 5.74) is -0.904. The van der Waals surface area contributed by atoms with Crippen LogP contribution in [0.1, 0.15) is 53.6 Å². The molecule has 0 bridgehead atoms. The molecule has 0 saturated heterocycles. The third-order valence-electron chi connectivity index (χ3n) is 4.73. The van der Waals surface area contributed by atoms with E-state index in [9.17, 15) is 26.8 Å². The number of halogens is 2. The number of rotatable bonds is 8. The molecule has 184 valence electrons. The van der Waals surface area contributed by atoms with Gasteiger partial charge in [-0.1, -0.05) is 51.1 Å². The fourth-order valence-electron chi connectivity index (χ4n) is 3.11. The Kier molecular flexibility index (Phi) is 7.64. The number of esters is 1. The number of ketones is 1. The molecule has 0 unspecified atom stereocenters. The third-order valence-corrected chi connectivity index (χ3v) is 6.10. The summed E-state index contributed by atoms with van der Waals surface area (Å²) in [5, 5.41) is 0. The zero-order chi connectivity index (χ0) is 25.8. The SMILES string of the molecule is CC(C)(C)CC(=O)c1ccc(S(=O)(=O)Nc2cc(F)c(C(=O)OCc3ccccc3)c(F)c2)cn1. The first-order valence-corrected chi connectivity index (χ1v) is 12.1. The van der Waals surface area contributed by atoms with Gasteiger partial charge in [-0.05, 0) is 35.2 Å². The molecule has 2 aromatic carbocycles. The molecule has 0 aliphatic heterocycles. The maximum absolute atomic E-state index is 14.5. The smallest absolute Gasteiger partial charge is 0.344 e. The summed E-state index contributed by atoms with van der Waals surface area (Å²) < 4.78 is 61.3. The van der Waals surface area contributed by atoms with Gasteiger partial charge in [0.05, 0.1) is 5.69 Å². The minimum absolute atomic E-state index is 0.106. The number of anilines is 1. The van der Waals surface area contributed by atoms with Crippen molar-refractivity contribution >= 4 is 27.5 Å². The maximum atomic E-state index is 14.5. The Morgan fingerprint density at radius 3 is 2.17 bits per heavy atom. The Balaban J connectivity index is 1.73. The quantitative estimate of drug-likeness (QED) is 0.338. The van der Waals surface area contributed by atoms with Crippen molar-refractivity contribution in [2.24, 2.45) is 5.41 Å². The van der Waals surface area contributed by atoms with Crippen LogP contribution in [-0.2, 0) is 21.4 Å². The monoisotopic (exact) mass is 502 g/mol. The van der Waals surface area contributed by atoms with Crippen molar-refractivity contribution in [2.45, 2.75) is 38.7 Å². The fourth-order valence-corrected chi connectivity index (χ4v) is 4.10. The van der Waals surface area contributed by atoms with Gasteiger partial charge in [-0.25, -0.2) is 22.0 Å². The fraction of sp³-hybridized carbons (Fsp3) is 0.240. The van der Waals surface area contributed by atoms with Crippen LogP contribution in [0.15, 0.2) is 65.7 Å². The van der Waals surface area contributed by atoms with Crippen LogP contribution in [0.25, 0.3) is 0 Å². The van der Waals surface area contributed by atoms with Gasteiger partial charge in [-0.3, -0.25) is 14.5 Å². The first-order valence-electron chi connectivity index (χ1n) is 10.6. The molecular weight excluding hydrogens is 478 g/mol. The standard InChI is InChI=1S/C25H24F2N2O5S/c1-25(2,3)13-22(30)21-10-9-18(14-28-21)35(32,33)29-17-11-19(26)23(20(27)12-17)24(31)34-15-16-7-5-4-6-8-16/h4-12,14,29H,13,15H2,1-3H3. The van der Waals surface area contributed by atoms with Crippen molar-refractivity contribution in [2.75, 3.05) is 4.72 Å². The second-order valence-corrected chi connectivity index (χ2v) is 10.7. The van der Waals surface area contributed by atoms with Crippen molar-refractivity contribution in [1.82, 2.24) is 4.98 Å². The number of hydrogen-bond donors (Lipinski definition) is 1. The summed E-state index contributed by atoms with van der Waals surface area (Å²) in [4.78, 5) is 28.0. The molecule has 7 nitrogen and oxygen atoms in total. The lowest BCUT2D eigenvalue weighted by Gasteiger charge is -2.16. The normalized spacial score (nSPS) is 11.7. The Morgan fingerprint density at radius 2 is 1.63 bits per heavy atom. The number of carbonyl (C=O) groups is 2. The molecule has 35 heavy (non-hydrogen) atoms. The van der Waals surface area contributed by atoms with Crippen molar-refractivity contribution < 1.29 is 31.5 Å². The lowest BCUT2D eigenvalue weighted by Crippen LogP contribution is -2.17. The van der Waals surface area contributed by atoms with Crippen molar-refractivity contribution in [1.29, 1.82) is 0 Å². The van der Waals surface area contributed by atoms with Gasteiger partial charge in [0.25, 0.3) is 10.0 Å². The number of sulfonamides is 1. The minimum Gasteiger partial charge on any atom is -0.457 e. The number of Topliss-reactive ketones (excluding diaryl/α,β-unsaturated/α-hetero) is 1. The molecule has 0 saturated carbocycles. The molecule has 0 radical (unpaired) electrons. The van der Waals surface area contributed by atoms with Gasteiger partial charge in [-0.15, -0.1) is 0 Å². The summed E-state index contributed by atoms with van der Waals surface area (Å²) in [7, 11) is -4.28. The van der Waals surface area contributed by atoms with Crippen LogP contribution in [0.2, 0.25) is 0 Å². The molecule has 1 N–H and O–H groups in total. The predicted molar refractivity (Wildman–Crippen MR) is 125 cm³/mol.